The Hall–Kier alpha value is -3.90. The van der Waals surface area contributed by atoms with Crippen LogP contribution in [0.5, 0.6) is 0 Å². The van der Waals surface area contributed by atoms with Crippen LogP contribution in [-0.2, 0) is 11.2 Å². The molecule has 2 atom stereocenters. The Morgan fingerprint density at radius 1 is 1.00 bits per heavy atom. The quantitative estimate of drug-likeness (QED) is 0.303. The van der Waals surface area contributed by atoms with Crippen molar-refractivity contribution in [3.8, 4) is 11.1 Å². The number of aromatic nitrogens is 1. The highest BCUT2D eigenvalue weighted by Crippen LogP contribution is 2.36. The van der Waals surface area contributed by atoms with Crippen molar-refractivity contribution in [2.75, 3.05) is 6.54 Å². The van der Waals surface area contributed by atoms with Crippen molar-refractivity contribution in [2.24, 2.45) is 5.73 Å². The maximum absolute atomic E-state index is 12.7. The number of hydrogen-bond acceptors (Lipinski definition) is 3. The number of primary amides is 1. The van der Waals surface area contributed by atoms with Gasteiger partial charge in [-0.05, 0) is 53.3 Å². The van der Waals surface area contributed by atoms with Gasteiger partial charge < -0.3 is 16.0 Å². The minimum absolute atomic E-state index is 0.0799. The highest BCUT2D eigenvalue weighted by Gasteiger charge is 2.33. The van der Waals surface area contributed by atoms with Crippen LogP contribution < -0.4 is 16.4 Å². The number of carbonyl (C=O) groups is 2. The zero-order chi connectivity index (χ0) is 24.4. The maximum atomic E-state index is 12.7. The van der Waals surface area contributed by atoms with Gasteiger partial charge in [-0.25, -0.2) is 0 Å². The second-order valence-corrected chi connectivity index (χ2v) is 9.13. The highest BCUT2D eigenvalue weighted by molar-refractivity contribution is 5.99. The summed E-state index contributed by atoms with van der Waals surface area (Å²) in [5.74, 6) is -0.465. The molecule has 0 spiro atoms. The lowest BCUT2D eigenvalue weighted by Crippen LogP contribution is -2.48. The van der Waals surface area contributed by atoms with Gasteiger partial charge in [-0.15, -0.1) is 0 Å². The Morgan fingerprint density at radius 3 is 2.46 bits per heavy atom. The van der Waals surface area contributed by atoms with Crippen LogP contribution in [-0.4, -0.2) is 29.4 Å². The standard InChI is InChI=1S/C29H30N4O2/c1-2-3-15-31-29(35)21-13-14-24-22(16-21)23-17-25(28(30)34)33-26(27(23)32-24)20-11-9-19(10-12-20)18-7-5-4-6-8-18/h4-14,16,25-26,32-33H,2-3,15,17H2,1H3,(H2,30,34)(H,31,35). The molecule has 0 bridgehead atoms. The summed E-state index contributed by atoms with van der Waals surface area (Å²) >= 11 is 0. The Kier molecular flexibility index (Phi) is 6.38. The summed E-state index contributed by atoms with van der Waals surface area (Å²) in [6.07, 6.45) is 2.45. The van der Waals surface area contributed by atoms with E-state index < -0.39 is 6.04 Å². The number of nitrogens with one attached hydrogen (secondary N) is 3. The van der Waals surface area contributed by atoms with Gasteiger partial charge in [0.1, 0.15) is 0 Å². The summed E-state index contributed by atoms with van der Waals surface area (Å²) in [4.78, 5) is 28.4. The molecular weight excluding hydrogens is 436 g/mol. The lowest BCUT2D eigenvalue weighted by molar-refractivity contribution is -0.120. The van der Waals surface area contributed by atoms with E-state index in [0.29, 0.717) is 18.5 Å². The SMILES string of the molecule is CCCCNC(=O)c1ccc2[nH]c3c(c2c1)CC(C(N)=O)NC3c1ccc(-c2ccccc2)cc1. The lowest BCUT2D eigenvalue weighted by atomic mass is 9.89. The molecule has 1 aliphatic rings. The first-order valence-corrected chi connectivity index (χ1v) is 12.2. The van der Waals surface area contributed by atoms with Gasteiger partial charge >= 0.3 is 0 Å². The van der Waals surface area contributed by atoms with E-state index in [9.17, 15) is 9.59 Å². The fourth-order valence-electron chi connectivity index (χ4n) is 4.85. The number of fused-ring (bicyclic) bond motifs is 3. The van der Waals surface area contributed by atoms with E-state index in [1.54, 1.807) is 0 Å². The molecule has 6 nitrogen and oxygen atoms in total. The van der Waals surface area contributed by atoms with Crippen molar-refractivity contribution >= 4 is 22.7 Å². The van der Waals surface area contributed by atoms with Crippen molar-refractivity contribution in [3.05, 3.63) is 95.2 Å². The summed E-state index contributed by atoms with van der Waals surface area (Å²) < 4.78 is 0. The van der Waals surface area contributed by atoms with Gasteiger partial charge in [-0.3, -0.25) is 14.9 Å². The Balaban J connectivity index is 1.51. The second kappa shape index (κ2) is 9.76. The van der Waals surface area contributed by atoms with Gasteiger partial charge in [-0.2, -0.15) is 0 Å². The summed E-state index contributed by atoms with van der Waals surface area (Å²) in [6.45, 7) is 2.76. The summed E-state index contributed by atoms with van der Waals surface area (Å²) in [7, 11) is 0. The first-order chi connectivity index (χ1) is 17.0. The molecular formula is C29H30N4O2. The van der Waals surface area contributed by atoms with Gasteiger partial charge in [-0.1, -0.05) is 67.9 Å². The molecule has 0 saturated heterocycles. The Bertz CT molecular complexity index is 1360. The van der Waals surface area contributed by atoms with Gasteiger partial charge in [0.15, 0.2) is 0 Å². The van der Waals surface area contributed by atoms with Crippen molar-refractivity contribution in [1.29, 1.82) is 0 Å². The number of aromatic amines is 1. The number of hydrogen-bond donors (Lipinski definition) is 4. The average Bonchev–Trinajstić information content (AvgIpc) is 3.27. The number of rotatable bonds is 7. The van der Waals surface area contributed by atoms with E-state index in [2.05, 4.69) is 58.9 Å². The minimum atomic E-state index is -0.498. The predicted molar refractivity (Wildman–Crippen MR) is 139 cm³/mol. The summed E-state index contributed by atoms with van der Waals surface area (Å²) in [5.41, 5.74) is 12.7. The largest absolute Gasteiger partial charge is 0.368 e. The van der Waals surface area contributed by atoms with Crippen LogP contribution >= 0.6 is 0 Å². The second-order valence-electron chi connectivity index (χ2n) is 9.13. The number of carbonyl (C=O) groups excluding carboxylic acids is 2. The number of H-pyrrole nitrogens is 1. The highest BCUT2D eigenvalue weighted by atomic mass is 16.2. The number of benzene rings is 3. The topological polar surface area (TPSA) is 100 Å². The molecule has 4 aromatic rings. The number of amides is 2. The Morgan fingerprint density at radius 2 is 1.74 bits per heavy atom. The normalized spacial score (nSPS) is 17.2. The maximum Gasteiger partial charge on any atom is 0.251 e. The van der Waals surface area contributed by atoms with Crippen LogP contribution in [0.2, 0.25) is 0 Å². The molecule has 178 valence electrons. The Labute approximate surface area is 204 Å². The molecule has 0 radical (unpaired) electrons. The molecule has 1 aliphatic heterocycles. The number of unbranched alkanes of at least 4 members (excludes halogenated alkanes) is 1. The smallest absolute Gasteiger partial charge is 0.251 e. The van der Waals surface area contributed by atoms with Crippen LogP contribution in [0, 0.1) is 0 Å². The van der Waals surface area contributed by atoms with Crippen LogP contribution in [0.25, 0.3) is 22.0 Å². The van der Waals surface area contributed by atoms with Crippen LogP contribution in [0.1, 0.15) is 53.0 Å². The van der Waals surface area contributed by atoms with E-state index in [1.165, 1.54) is 0 Å². The zero-order valence-corrected chi connectivity index (χ0v) is 19.8. The molecule has 1 aromatic heterocycles. The van der Waals surface area contributed by atoms with E-state index in [4.69, 9.17) is 5.73 Å². The molecule has 5 N–H and O–H groups in total. The third-order valence-electron chi connectivity index (χ3n) is 6.78. The third-order valence-corrected chi connectivity index (χ3v) is 6.78. The number of nitrogens with two attached hydrogens (primary N) is 1. The molecule has 2 unspecified atom stereocenters. The minimum Gasteiger partial charge on any atom is -0.368 e. The molecule has 3 aromatic carbocycles. The predicted octanol–water partition coefficient (Wildman–Crippen LogP) is 4.45. The van der Waals surface area contributed by atoms with Crippen molar-refractivity contribution in [1.82, 2.24) is 15.6 Å². The molecule has 5 rings (SSSR count). The molecule has 2 amide bonds. The molecule has 0 saturated carbocycles. The van der Waals surface area contributed by atoms with Crippen LogP contribution in [0.15, 0.2) is 72.8 Å². The van der Waals surface area contributed by atoms with Crippen LogP contribution in [0.4, 0.5) is 0 Å². The van der Waals surface area contributed by atoms with Gasteiger partial charge in [0.2, 0.25) is 5.91 Å². The van der Waals surface area contributed by atoms with Gasteiger partial charge in [0.25, 0.3) is 5.91 Å². The fourth-order valence-corrected chi connectivity index (χ4v) is 4.85. The van der Waals surface area contributed by atoms with Crippen molar-refractivity contribution in [3.63, 3.8) is 0 Å². The zero-order valence-electron chi connectivity index (χ0n) is 19.8. The molecule has 0 fully saturated rings. The first-order valence-electron chi connectivity index (χ1n) is 12.2. The molecule has 0 aliphatic carbocycles. The first kappa shape index (κ1) is 22.9. The molecule has 6 heteroatoms. The summed E-state index contributed by atoms with van der Waals surface area (Å²) in [5, 5.41) is 7.37. The van der Waals surface area contributed by atoms with E-state index in [1.807, 2.05) is 36.4 Å². The van der Waals surface area contributed by atoms with Crippen molar-refractivity contribution < 1.29 is 9.59 Å². The van der Waals surface area contributed by atoms with E-state index in [-0.39, 0.29) is 17.9 Å². The van der Waals surface area contributed by atoms with E-state index >= 15 is 0 Å². The van der Waals surface area contributed by atoms with Crippen molar-refractivity contribution in [2.45, 2.75) is 38.3 Å². The molecule has 2 heterocycles. The van der Waals surface area contributed by atoms with E-state index in [0.717, 1.165) is 51.7 Å². The van der Waals surface area contributed by atoms with Gasteiger partial charge in [0.05, 0.1) is 12.1 Å². The fraction of sp³-hybridized carbons (Fsp3) is 0.241. The third kappa shape index (κ3) is 4.57. The van der Waals surface area contributed by atoms with Crippen LogP contribution in [0.3, 0.4) is 0 Å². The summed E-state index contributed by atoms with van der Waals surface area (Å²) in [6, 6.07) is 23.6. The lowest BCUT2D eigenvalue weighted by Gasteiger charge is -2.30. The van der Waals surface area contributed by atoms with Gasteiger partial charge in [0, 0.05) is 28.7 Å². The average molecular weight is 467 g/mol. The monoisotopic (exact) mass is 466 g/mol. The molecule has 35 heavy (non-hydrogen) atoms.